The number of benzene rings is 1. The molecule has 0 saturated heterocycles. The van der Waals surface area contributed by atoms with Crippen molar-refractivity contribution in [2.24, 2.45) is 17.8 Å². The molecule has 2 N–H and O–H groups in total. The average Bonchev–Trinajstić information content (AvgIpc) is 2.89. The van der Waals surface area contributed by atoms with E-state index in [-0.39, 0.29) is 12.3 Å². The SMILES string of the molecule is CN(C)c1c(-c2ccc3c(c2)C(CN)=NCC3=O)cnn1C. The molecule has 0 radical (unpaired) electrons. The maximum Gasteiger partial charge on any atom is 0.184 e. The average molecular weight is 297 g/mol. The van der Waals surface area contributed by atoms with Crippen LogP contribution in [0, 0.1) is 0 Å². The first-order chi connectivity index (χ1) is 10.5. The monoisotopic (exact) mass is 297 g/mol. The van der Waals surface area contributed by atoms with Gasteiger partial charge in [0.2, 0.25) is 0 Å². The maximum atomic E-state index is 12.0. The topological polar surface area (TPSA) is 76.5 Å². The van der Waals surface area contributed by atoms with Gasteiger partial charge in [0.05, 0.1) is 11.9 Å². The van der Waals surface area contributed by atoms with Crippen molar-refractivity contribution in [3.63, 3.8) is 0 Å². The third kappa shape index (κ3) is 2.21. The van der Waals surface area contributed by atoms with Crippen molar-refractivity contribution < 1.29 is 4.79 Å². The van der Waals surface area contributed by atoms with E-state index in [4.69, 9.17) is 5.73 Å². The molecule has 0 bridgehead atoms. The summed E-state index contributed by atoms with van der Waals surface area (Å²) in [5.41, 5.74) is 10.1. The van der Waals surface area contributed by atoms with Gasteiger partial charge in [-0.05, 0) is 11.6 Å². The zero-order valence-corrected chi connectivity index (χ0v) is 13.0. The number of Topliss-reactive ketones (excluding diaryl/α,β-unsaturated/α-hetero) is 1. The van der Waals surface area contributed by atoms with Crippen molar-refractivity contribution in [2.45, 2.75) is 0 Å². The Hall–Kier alpha value is -2.47. The van der Waals surface area contributed by atoms with Crippen LogP contribution in [-0.4, -0.2) is 48.5 Å². The zero-order chi connectivity index (χ0) is 15.9. The minimum Gasteiger partial charge on any atom is -0.362 e. The predicted octanol–water partition coefficient (Wildman–Crippen LogP) is 1.10. The summed E-state index contributed by atoms with van der Waals surface area (Å²) < 4.78 is 1.83. The van der Waals surface area contributed by atoms with Gasteiger partial charge in [-0.3, -0.25) is 14.5 Å². The number of ketones is 1. The number of aliphatic imine (C=N–C) groups is 1. The Morgan fingerprint density at radius 2 is 2.05 bits per heavy atom. The quantitative estimate of drug-likeness (QED) is 0.920. The van der Waals surface area contributed by atoms with E-state index < -0.39 is 0 Å². The Morgan fingerprint density at radius 1 is 1.27 bits per heavy atom. The van der Waals surface area contributed by atoms with Crippen molar-refractivity contribution >= 4 is 17.3 Å². The molecule has 2 heterocycles. The van der Waals surface area contributed by atoms with Gasteiger partial charge in [-0.2, -0.15) is 5.10 Å². The first-order valence-electron chi connectivity index (χ1n) is 7.13. The van der Waals surface area contributed by atoms with Crippen molar-refractivity contribution in [2.75, 3.05) is 32.1 Å². The van der Waals surface area contributed by atoms with Crippen molar-refractivity contribution in [1.82, 2.24) is 9.78 Å². The van der Waals surface area contributed by atoms with Crippen LogP contribution in [0.2, 0.25) is 0 Å². The van der Waals surface area contributed by atoms with E-state index in [0.717, 1.165) is 28.2 Å². The van der Waals surface area contributed by atoms with Crippen LogP contribution in [0.1, 0.15) is 15.9 Å². The number of carbonyl (C=O) groups is 1. The highest BCUT2D eigenvalue weighted by atomic mass is 16.1. The van der Waals surface area contributed by atoms with E-state index in [9.17, 15) is 4.79 Å². The number of fused-ring (bicyclic) bond motifs is 1. The molecule has 1 aliphatic rings. The fourth-order valence-electron chi connectivity index (χ4n) is 2.87. The molecule has 1 aliphatic heterocycles. The number of rotatable bonds is 3. The van der Waals surface area contributed by atoms with Gasteiger partial charge in [-0.1, -0.05) is 12.1 Å². The number of hydrogen-bond donors (Lipinski definition) is 1. The first kappa shape index (κ1) is 14.5. The molecule has 6 nitrogen and oxygen atoms in total. The van der Waals surface area contributed by atoms with Gasteiger partial charge in [-0.25, -0.2) is 0 Å². The predicted molar refractivity (Wildman–Crippen MR) is 87.8 cm³/mol. The molecule has 3 rings (SSSR count). The molecule has 0 amide bonds. The molecular formula is C16H19N5O. The summed E-state index contributed by atoms with van der Waals surface area (Å²) in [5.74, 6) is 1.05. The highest BCUT2D eigenvalue weighted by molar-refractivity contribution is 6.16. The molecule has 22 heavy (non-hydrogen) atoms. The fraction of sp³-hybridized carbons (Fsp3) is 0.312. The molecule has 0 spiro atoms. The molecule has 1 aromatic heterocycles. The highest BCUT2D eigenvalue weighted by Gasteiger charge is 2.21. The van der Waals surface area contributed by atoms with E-state index in [1.165, 1.54) is 0 Å². The smallest absolute Gasteiger partial charge is 0.184 e. The Kier molecular flexibility index (Phi) is 3.54. The number of nitrogens with zero attached hydrogens (tertiary/aromatic N) is 4. The number of aromatic nitrogens is 2. The second-order valence-corrected chi connectivity index (χ2v) is 5.55. The van der Waals surface area contributed by atoms with Crippen LogP contribution in [0.25, 0.3) is 11.1 Å². The molecule has 6 heteroatoms. The van der Waals surface area contributed by atoms with Crippen LogP contribution in [0.3, 0.4) is 0 Å². The van der Waals surface area contributed by atoms with Crippen molar-refractivity contribution in [3.05, 3.63) is 35.5 Å². The Morgan fingerprint density at radius 3 is 2.73 bits per heavy atom. The summed E-state index contributed by atoms with van der Waals surface area (Å²) in [4.78, 5) is 18.3. The number of hydrogen-bond acceptors (Lipinski definition) is 5. The van der Waals surface area contributed by atoms with Crippen molar-refractivity contribution in [1.29, 1.82) is 0 Å². The number of carbonyl (C=O) groups excluding carboxylic acids is 1. The van der Waals surface area contributed by atoms with Crippen LogP contribution in [0.4, 0.5) is 5.82 Å². The lowest BCUT2D eigenvalue weighted by Gasteiger charge is -2.18. The largest absolute Gasteiger partial charge is 0.362 e. The Labute approximate surface area is 129 Å². The minimum atomic E-state index is 0.0396. The second-order valence-electron chi connectivity index (χ2n) is 5.55. The molecule has 0 unspecified atom stereocenters. The summed E-state index contributed by atoms with van der Waals surface area (Å²) in [6, 6.07) is 5.81. The lowest BCUT2D eigenvalue weighted by Crippen LogP contribution is -2.25. The summed E-state index contributed by atoms with van der Waals surface area (Å²) in [7, 11) is 5.87. The van der Waals surface area contributed by atoms with E-state index in [2.05, 4.69) is 10.1 Å². The van der Waals surface area contributed by atoms with Gasteiger partial charge in [-0.15, -0.1) is 0 Å². The molecule has 0 aliphatic carbocycles. The second kappa shape index (κ2) is 5.38. The van der Waals surface area contributed by atoms with Gasteiger partial charge >= 0.3 is 0 Å². The number of aryl methyl sites for hydroxylation is 1. The maximum absolute atomic E-state index is 12.0. The summed E-state index contributed by atoms with van der Waals surface area (Å²) in [5, 5.41) is 4.33. The third-order valence-corrected chi connectivity index (χ3v) is 3.88. The van der Waals surface area contributed by atoms with Crippen LogP contribution in [0.15, 0.2) is 29.4 Å². The lowest BCUT2D eigenvalue weighted by atomic mass is 9.93. The summed E-state index contributed by atoms with van der Waals surface area (Å²) in [6.45, 7) is 0.520. The lowest BCUT2D eigenvalue weighted by molar-refractivity contribution is 0.1000. The molecule has 1 aromatic carbocycles. The zero-order valence-electron chi connectivity index (χ0n) is 13.0. The molecule has 2 aromatic rings. The normalized spacial score (nSPS) is 13.8. The molecule has 114 valence electrons. The van der Waals surface area contributed by atoms with E-state index in [0.29, 0.717) is 12.1 Å². The summed E-state index contributed by atoms with van der Waals surface area (Å²) >= 11 is 0. The van der Waals surface area contributed by atoms with Gasteiger partial charge in [0.25, 0.3) is 0 Å². The van der Waals surface area contributed by atoms with Crippen LogP contribution in [-0.2, 0) is 7.05 Å². The molecule has 0 atom stereocenters. The molecule has 0 fully saturated rings. The highest BCUT2D eigenvalue weighted by Crippen LogP contribution is 2.31. The standard InChI is InChI=1S/C16H19N5O/c1-20(2)16-13(8-19-21(16)3)10-4-5-11-12(6-10)14(7-17)18-9-15(11)22/h4-6,8H,7,9,17H2,1-3H3. The van der Waals surface area contributed by atoms with Crippen LogP contribution < -0.4 is 10.6 Å². The first-order valence-corrected chi connectivity index (χ1v) is 7.13. The summed E-state index contributed by atoms with van der Waals surface area (Å²) in [6.07, 6.45) is 1.83. The van der Waals surface area contributed by atoms with Gasteiger partial charge in [0.15, 0.2) is 5.78 Å². The minimum absolute atomic E-state index is 0.0396. The third-order valence-electron chi connectivity index (χ3n) is 3.88. The van der Waals surface area contributed by atoms with E-state index in [1.54, 1.807) is 0 Å². The molecular weight excluding hydrogens is 278 g/mol. The van der Waals surface area contributed by atoms with Gasteiger partial charge in [0, 0.05) is 44.4 Å². The molecule has 0 saturated carbocycles. The van der Waals surface area contributed by atoms with Crippen molar-refractivity contribution in [3.8, 4) is 11.1 Å². The van der Waals surface area contributed by atoms with E-state index >= 15 is 0 Å². The van der Waals surface area contributed by atoms with Crippen LogP contribution in [0.5, 0.6) is 0 Å². The number of anilines is 1. The van der Waals surface area contributed by atoms with Crippen LogP contribution >= 0.6 is 0 Å². The van der Waals surface area contributed by atoms with Gasteiger partial charge in [0.1, 0.15) is 12.4 Å². The Bertz CT molecular complexity index is 773. The van der Waals surface area contributed by atoms with Gasteiger partial charge < -0.3 is 10.6 Å². The Balaban J connectivity index is 2.16. The number of nitrogens with two attached hydrogens (primary N) is 1. The fourth-order valence-corrected chi connectivity index (χ4v) is 2.87. The van der Waals surface area contributed by atoms with E-state index in [1.807, 2.05) is 55.1 Å².